The van der Waals surface area contributed by atoms with Gasteiger partial charge in [-0.1, -0.05) is 0 Å². The molecule has 10 nitrogen and oxygen atoms in total. The van der Waals surface area contributed by atoms with Crippen LogP contribution in [0.4, 0.5) is 29.0 Å². The van der Waals surface area contributed by atoms with E-state index in [9.17, 15) is 0 Å². The second kappa shape index (κ2) is 9.06. The molecular weight excluding hydrogens is 408 g/mol. The van der Waals surface area contributed by atoms with E-state index in [0.29, 0.717) is 37.5 Å². The number of morpholine rings is 1. The number of hydrogen-bond acceptors (Lipinski definition) is 9. The van der Waals surface area contributed by atoms with E-state index in [1.54, 1.807) is 12.4 Å². The first-order valence-electron chi connectivity index (χ1n) is 10.5. The lowest BCUT2D eigenvalue weighted by molar-refractivity contribution is 0.122. The third-order valence-corrected chi connectivity index (χ3v) is 5.00. The lowest BCUT2D eigenvalue weighted by Crippen LogP contribution is -2.36. The Bertz CT molecular complexity index is 1190. The number of hydrogen-bond donors (Lipinski definition) is 2. The van der Waals surface area contributed by atoms with Crippen LogP contribution >= 0.6 is 0 Å². The van der Waals surface area contributed by atoms with E-state index in [1.807, 2.05) is 54.0 Å². The molecule has 1 aliphatic rings. The molecule has 32 heavy (non-hydrogen) atoms. The van der Waals surface area contributed by atoms with E-state index in [2.05, 4.69) is 30.5 Å². The third-order valence-electron chi connectivity index (χ3n) is 5.00. The molecule has 2 N–H and O–H groups in total. The van der Waals surface area contributed by atoms with Gasteiger partial charge < -0.3 is 29.4 Å². The van der Waals surface area contributed by atoms with Gasteiger partial charge in [0.15, 0.2) is 0 Å². The van der Waals surface area contributed by atoms with Crippen molar-refractivity contribution in [3.8, 4) is 5.88 Å². The second-order valence-corrected chi connectivity index (χ2v) is 7.21. The van der Waals surface area contributed by atoms with E-state index in [-0.39, 0.29) is 0 Å². The van der Waals surface area contributed by atoms with Crippen molar-refractivity contribution in [1.29, 1.82) is 0 Å². The summed E-state index contributed by atoms with van der Waals surface area (Å²) in [5.74, 6) is 2.56. The van der Waals surface area contributed by atoms with Crippen molar-refractivity contribution in [3.63, 3.8) is 0 Å². The van der Waals surface area contributed by atoms with Crippen molar-refractivity contribution >= 4 is 34.6 Å². The van der Waals surface area contributed by atoms with Gasteiger partial charge in [0.1, 0.15) is 17.3 Å². The first kappa shape index (κ1) is 20.0. The van der Waals surface area contributed by atoms with Gasteiger partial charge in [0.25, 0.3) is 0 Å². The Kier molecular flexibility index (Phi) is 5.67. The predicted molar refractivity (Wildman–Crippen MR) is 122 cm³/mol. The highest BCUT2D eigenvalue weighted by molar-refractivity contribution is 5.66. The van der Waals surface area contributed by atoms with Crippen molar-refractivity contribution in [2.45, 2.75) is 6.92 Å². The van der Waals surface area contributed by atoms with Crippen LogP contribution in [0.1, 0.15) is 6.92 Å². The average Bonchev–Trinajstić information content (AvgIpc) is 3.29. The van der Waals surface area contributed by atoms with E-state index in [1.165, 1.54) is 0 Å². The second-order valence-electron chi connectivity index (χ2n) is 7.21. The van der Waals surface area contributed by atoms with Crippen molar-refractivity contribution in [1.82, 2.24) is 24.3 Å². The maximum absolute atomic E-state index is 5.49. The summed E-state index contributed by atoms with van der Waals surface area (Å²) in [6, 6.07) is 9.61. The van der Waals surface area contributed by atoms with Gasteiger partial charge in [-0.2, -0.15) is 9.97 Å². The molecule has 0 aliphatic carbocycles. The molecule has 0 aromatic carbocycles. The van der Waals surface area contributed by atoms with Gasteiger partial charge >= 0.3 is 0 Å². The topological polar surface area (TPSA) is 102 Å². The van der Waals surface area contributed by atoms with Gasteiger partial charge in [-0.15, -0.1) is 0 Å². The van der Waals surface area contributed by atoms with Crippen molar-refractivity contribution in [3.05, 3.63) is 55.1 Å². The number of aromatic nitrogens is 5. The van der Waals surface area contributed by atoms with E-state index >= 15 is 0 Å². The molecule has 5 rings (SSSR count). The third kappa shape index (κ3) is 4.54. The Morgan fingerprint density at radius 1 is 1.00 bits per heavy atom. The number of anilines is 5. The Labute approximate surface area is 185 Å². The van der Waals surface area contributed by atoms with Gasteiger partial charge in [0.05, 0.1) is 31.7 Å². The van der Waals surface area contributed by atoms with Crippen molar-refractivity contribution in [2.75, 3.05) is 48.4 Å². The van der Waals surface area contributed by atoms with Gasteiger partial charge in [0, 0.05) is 55.6 Å². The Hall–Kier alpha value is -3.92. The molecule has 4 aromatic heterocycles. The highest BCUT2D eigenvalue weighted by atomic mass is 16.5. The van der Waals surface area contributed by atoms with Gasteiger partial charge in [-0.3, -0.25) is 0 Å². The maximum atomic E-state index is 5.49. The largest absolute Gasteiger partial charge is 0.478 e. The average molecular weight is 432 g/mol. The standard InChI is InChI=1S/C22H24N8O2/c1-2-32-21-4-3-17(15-24-21)26-22-27-18(14-20(28-22)30-9-11-31-12-10-30)25-16-5-7-29-8-6-23-19(29)13-16/h3-8,13-15H,2,9-12H2,1H3,(H2,25,26,27,28). The fraction of sp³-hybridized carbons (Fsp3) is 0.273. The summed E-state index contributed by atoms with van der Waals surface area (Å²) < 4.78 is 12.9. The lowest BCUT2D eigenvalue weighted by Gasteiger charge is -2.28. The summed E-state index contributed by atoms with van der Waals surface area (Å²) in [7, 11) is 0. The number of nitrogens with zero attached hydrogens (tertiary/aromatic N) is 6. The molecule has 4 aromatic rings. The van der Waals surface area contributed by atoms with E-state index in [4.69, 9.17) is 14.5 Å². The summed E-state index contributed by atoms with van der Waals surface area (Å²) in [4.78, 5) is 20.2. The van der Waals surface area contributed by atoms with Crippen LogP contribution in [-0.4, -0.2) is 57.2 Å². The monoisotopic (exact) mass is 432 g/mol. The number of imidazole rings is 1. The number of nitrogens with one attached hydrogen (secondary N) is 2. The van der Waals surface area contributed by atoms with E-state index in [0.717, 1.165) is 35.9 Å². The molecule has 1 fully saturated rings. The molecule has 0 unspecified atom stereocenters. The summed E-state index contributed by atoms with van der Waals surface area (Å²) in [6.45, 7) is 5.41. The summed E-state index contributed by atoms with van der Waals surface area (Å²) >= 11 is 0. The van der Waals surface area contributed by atoms with Crippen LogP contribution in [0.15, 0.2) is 55.1 Å². The first-order valence-corrected chi connectivity index (χ1v) is 10.5. The molecule has 0 saturated carbocycles. The van der Waals surface area contributed by atoms with Gasteiger partial charge in [0.2, 0.25) is 11.8 Å². The number of rotatable bonds is 7. The van der Waals surface area contributed by atoms with E-state index < -0.39 is 0 Å². The molecule has 1 aliphatic heterocycles. The molecule has 0 bridgehead atoms. The fourth-order valence-electron chi connectivity index (χ4n) is 3.46. The fourth-order valence-corrected chi connectivity index (χ4v) is 3.46. The molecule has 164 valence electrons. The van der Waals surface area contributed by atoms with Crippen LogP contribution in [0.25, 0.3) is 5.65 Å². The normalized spacial score (nSPS) is 13.8. The van der Waals surface area contributed by atoms with Crippen LogP contribution in [0.2, 0.25) is 0 Å². The smallest absolute Gasteiger partial charge is 0.231 e. The molecule has 5 heterocycles. The summed E-state index contributed by atoms with van der Waals surface area (Å²) in [5, 5.41) is 6.63. The van der Waals surface area contributed by atoms with Crippen molar-refractivity contribution < 1.29 is 9.47 Å². The highest BCUT2D eigenvalue weighted by Gasteiger charge is 2.16. The van der Waals surface area contributed by atoms with Crippen LogP contribution in [0.3, 0.4) is 0 Å². The molecule has 0 amide bonds. The number of fused-ring (bicyclic) bond motifs is 1. The molecule has 0 radical (unpaired) electrons. The first-order chi connectivity index (χ1) is 15.8. The SMILES string of the molecule is CCOc1ccc(Nc2nc(Nc3ccn4ccnc4c3)cc(N3CCOCC3)n2)cn1. The molecular formula is C22H24N8O2. The Morgan fingerprint density at radius 2 is 1.91 bits per heavy atom. The molecule has 1 saturated heterocycles. The highest BCUT2D eigenvalue weighted by Crippen LogP contribution is 2.25. The Morgan fingerprint density at radius 3 is 2.72 bits per heavy atom. The minimum absolute atomic E-state index is 0.476. The van der Waals surface area contributed by atoms with Crippen LogP contribution in [0.5, 0.6) is 5.88 Å². The molecule has 0 atom stereocenters. The Balaban J connectivity index is 1.43. The molecule has 10 heteroatoms. The molecule has 0 spiro atoms. The quantitative estimate of drug-likeness (QED) is 0.456. The predicted octanol–water partition coefficient (Wildman–Crippen LogP) is 3.24. The lowest BCUT2D eigenvalue weighted by atomic mass is 10.3. The zero-order chi connectivity index (χ0) is 21.8. The zero-order valence-electron chi connectivity index (χ0n) is 17.7. The minimum atomic E-state index is 0.476. The minimum Gasteiger partial charge on any atom is -0.478 e. The summed E-state index contributed by atoms with van der Waals surface area (Å²) in [6.07, 6.45) is 7.34. The van der Waals surface area contributed by atoms with Crippen LogP contribution in [0, 0.1) is 0 Å². The summed E-state index contributed by atoms with van der Waals surface area (Å²) in [5.41, 5.74) is 2.53. The van der Waals surface area contributed by atoms with Crippen LogP contribution in [-0.2, 0) is 4.74 Å². The number of pyridine rings is 2. The van der Waals surface area contributed by atoms with Gasteiger partial charge in [-0.25, -0.2) is 9.97 Å². The van der Waals surface area contributed by atoms with Crippen LogP contribution < -0.4 is 20.3 Å². The van der Waals surface area contributed by atoms with Gasteiger partial charge in [-0.05, 0) is 19.1 Å². The zero-order valence-corrected chi connectivity index (χ0v) is 17.7. The van der Waals surface area contributed by atoms with Crippen molar-refractivity contribution in [2.24, 2.45) is 0 Å². The number of ether oxygens (including phenoxy) is 2. The maximum Gasteiger partial charge on any atom is 0.231 e.